The minimum Gasteiger partial charge on any atom is -0.465 e. The maximum atomic E-state index is 12.7. The number of esters is 1. The number of thiazole rings is 1. The van der Waals surface area contributed by atoms with Gasteiger partial charge in [-0.3, -0.25) is 4.90 Å². The van der Waals surface area contributed by atoms with E-state index in [0.717, 1.165) is 35.5 Å². The highest BCUT2D eigenvalue weighted by atomic mass is 32.1. The summed E-state index contributed by atoms with van der Waals surface area (Å²) in [5.74, 6) is -0.373. The summed E-state index contributed by atoms with van der Waals surface area (Å²) in [6.45, 7) is 6.29. The second-order valence-corrected chi connectivity index (χ2v) is 8.69. The normalized spacial score (nSPS) is 17.3. The molecule has 1 aliphatic rings. The van der Waals surface area contributed by atoms with Crippen LogP contribution in [0.4, 0.5) is 4.79 Å². The van der Waals surface area contributed by atoms with Crippen molar-refractivity contribution in [1.29, 1.82) is 0 Å². The molecule has 28 heavy (non-hydrogen) atoms. The van der Waals surface area contributed by atoms with Gasteiger partial charge in [-0.25, -0.2) is 14.6 Å². The summed E-state index contributed by atoms with van der Waals surface area (Å²) in [4.78, 5) is 31.0. The van der Waals surface area contributed by atoms with E-state index in [4.69, 9.17) is 14.5 Å². The van der Waals surface area contributed by atoms with E-state index in [2.05, 4.69) is 0 Å². The van der Waals surface area contributed by atoms with E-state index >= 15 is 0 Å². The van der Waals surface area contributed by atoms with E-state index in [9.17, 15) is 9.59 Å². The molecule has 0 unspecified atom stereocenters. The Labute approximate surface area is 169 Å². The fourth-order valence-corrected chi connectivity index (χ4v) is 4.11. The number of nitrogens with zero attached hydrogens (tertiary/aromatic N) is 2. The molecule has 1 aliphatic heterocycles. The molecule has 2 heterocycles. The topological polar surface area (TPSA) is 68.7 Å². The maximum Gasteiger partial charge on any atom is 0.410 e. The molecule has 0 N–H and O–H groups in total. The summed E-state index contributed by atoms with van der Waals surface area (Å²) in [5.41, 5.74) is 1.69. The predicted molar refractivity (Wildman–Crippen MR) is 108 cm³/mol. The first-order valence-electron chi connectivity index (χ1n) is 9.42. The molecule has 1 saturated heterocycles. The Morgan fingerprint density at radius 3 is 2.75 bits per heavy atom. The third-order valence-corrected chi connectivity index (χ3v) is 5.43. The van der Waals surface area contributed by atoms with Crippen LogP contribution in [0.2, 0.25) is 0 Å². The van der Waals surface area contributed by atoms with Gasteiger partial charge in [0.1, 0.15) is 10.6 Å². The smallest absolute Gasteiger partial charge is 0.410 e. The quantitative estimate of drug-likeness (QED) is 0.671. The first kappa shape index (κ1) is 20.3. The number of ether oxygens (including phenoxy) is 2. The van der Waals surface area contributed by atoms with Gasteiger partial charge in [0, 0.05) is 17.5 Å². The van der Waals surface area contributed by atoms with Gasteiger partial charge in [0.25, 0.3) is 0 Å². The molecule has 1 aromatic carbocycles. The lowest BCUT2D eigenvalue weighted by molar-refractivity contribution is 0.00906. The van der Waals surface area contributed by atoms with Crippen LogP contribution in [0.3, 0.4) is 0 Å². The highest BCUT2D eigenvalue weighted by molar-refractivity contribution is 7.13. The van der Waals surface area contributed by atoms with Crippen molar-refractivity contribution in [3.63, 3.8) is 0 Å². The number of benzene rings is 1. The molecule has 6 nitrogen and oxygen atoms in total. The molecule has 0 aliphatic carbocycles. The summed E-state index contributed by atoms with van der Waals surface area (Å²) in [6, 6.07) is 7.14. The van der Waals surface area contributed by atoms with Gasteiger partial charge < -0.3 is 9.47 Å². The molecule has 1 aromatic heterocycles. The van der Waals surface area contributed by atoms with Crippen LogP contribution in [0, 0.1) is 0 Å². The molecule has 1 atom stereocenters. The number of amides is 1. The molecule has 0 bridgehead atoms. The van der Waals surface area contributed by atoms with Crippen molar-refractivity contribution in [2.24, 2.45) is 0 Å². The number of carbonyl (C=O) groups excluding carboxylic acids is 2. The molecular formula is C21H26N2O4S. The van der Waals surface area contributed by atoms with Gasteiger partial charge in [0.05, 0.1) is 24.4 Å². The maximum absolute atomic E-state index is 12.7. The van der Waals surface area contributed by atoms with Crippen LogP contribution in [0.15, 0.2) is 29.6 Å². The highest BCUT2D eigenvalue weighted by Gasteiger charge is 2.32. The van der Waals surface area contributed by atoms with Gasteiger partial charge in [-0.05, 0) is 52.2 Å². The van der Waals surface area contributed by atoms with Crippen LogP contribution in [0.5, 0.6) is 0 Å². The van der Waals surface area contributed by atoms with Gasteiger partial charge in [-0.15, -0.1) is 11.3 Å². The van der Waals surface area contributed by atoms with Gasteiger partial charge in [0.2, 0.25) is 0 Å². The summed E-state index contributed by atoms with van der Waals surface area (Å²) < 4.78 is 10.4. The number of hydrogen-bond acceptors (Lipinski definition) is 6. The van der Waals surface area contributed by atoms with Crippen LogP contribution in [0.25, 0.3) is 10.6 Å². The first-order valence-corrected chi connectivity index (χ1v) is 10.3. The van der Waals surface area contributed by atoms with Gasteiger partial charge >= 0.3 is 12.1 Å². The monoisotopic (exact) mass is 402 g/mol. The first-order chi connectivity index (χ1) is 13.3. The lowest BCUT2D eigenvalue weighted by atomic mass is 10.0. The fourth-order valence-electron chi connectivity index (χ4n) is 3.25. The molecule has 0 spiro atoms. The van der Waals surface area contributed by atoms with E-state index in [-0.39, 0.29) is 18.1 Å². The second-order valence-electron chi connectivity index (χ2n) is 7.84. The van der Waals surface area contributed by atoms with Crippen molar-refractivity contribution < 1.29 is 19.1 Å². The van der Waals surface area contributed by atoms with Crippen LogP contribution in [0.1, 0.15) is 62.1 Å². The highest BCUT2D eigenvalue weighted by Crippen LogP contribution is 2.35. The minimum absolute atomic E-state index is 0.0858. The number of methoxy groups -OCH3 is 1. The SMILES string of the molecule is COC(=O)c1cccc(-c2nc([C@H]3CCCCN3C(=O)OC(C)(C)C)cs2)c1. The molecular weight excluding hydrogens is 376 g/mol. The zero-order chi connectivity index (χ0) is 20.3. The van der Waals surface area contributed by atoms with Gasteiger partial charge in [-0.2, -0.15) is 0 Å². The van der Waals surface area contributed by atoms with E-state index < -0.39 is 5.60 Å². The lowest BCUT2D eigenvalue weighted by Gasteiger charge is -2.36. The Morgan fingerprint density at radius 1 is 1.25 bits per heavy atom. The Bertz CT molecular complexity index is 856. The average Bonchev–Trinajstić information content (AvgIpc) is 3.16. The largest absolute Gasteiger partial charge is 0.465 e. The molecule has 0 saturated carbocycles. The van der Waals surface area contributed by atoms with Crippen molar-refractivity contribution in [2.45, 2.75) is 51.7 Å². The van der Waals surface area contributed by atoms with Crippen LogP contribution >= 0.6 is 11.3 Å². The Hall–Kier alpha value is -2.41. The number of likely N-dealkylation sites (tertiary alicyclic amines) is 1. The van der Waals surface area contributed by atoms with Crippen molar-refractivity contribution in [1.82, 2.24) is 9.88 Å². The van der Waals surface area contributed by atoms with Crippen LogP contribution in [-0.2, 0) is 9.47 Å². The van der Waals surface area contributed by atoms with Crippen molar-refractivity contribution in [3.8, 4) is 10.6 Å². The molecule has 3 rings (SSSR count). The van der Waals surface area contributed by atoms with Crippen molar-refractivity contribution >= 4 is 23.4 Å². The third-order valence-electron chi connectivity index (χ3n) is 4.52. The van der Waals surface area contributed by atoms with Gasteiger partial charge in [-0.1, -0.05) is 12.1 Å². The number of carbonyl (C=O) groups is 2. The van der Waals surface area contributed by atoms with Crippen LogP contribution < -0.4 is 0 Å². The Morgan fingerprint density at radius 2 is 2.04 bits per heavy atom. The standard InChI is InChI=1S/C21H26N2O4S/c1-21(2,3)27-20(25)23-11-6-5-10-17(23)16-13-28-18(22-16)14-8-7-9-15(12-14)19(24)26-4/h7-9,12-13,17H,5-6,10-11H2,1-4H3/t17-/m1/s1. The molecule has 1 fully saturated rings. The minimum atomic E-state index is -0.527. The molecule has 150 valence electrons. The fraction of sp³-hybridized carbons (Fsp3) is 0.476. The van der Waals surface area contributed by atoms with E-state index in [1.807, 2.05) is 38.3 Å². The van der Waals surface area contributed by atoms with Gasteiger partial charge in [0.15, 0.2) is 0 Å². The molecule has 1 amide bonds. The zero-order valence-electron chi connectivity index (χ0n) is 16.7. The number of hydrogen-bond donors (Lipinski definition) is 0. The van der Waals surface area contributed by atoms with Crippen LogP contribution in [-0.4, -0.2) is 41.2 Å². The molecule has 7 heteroatoms. The average molecular weight is 403 g/mol. The zero-order valence-corrected chi connectivity index (χ0v) is 17.5. The lowest BCUT2D eigenvalue weighted by Crippen LogP contribution is -2.42. The summed E-state index contributed by atoms with van der Waals surface area (Å²) in [5, 5.41) is 2.81. The molecule has 2 aromatic rings. The summed E-state index contributed by atoms with van der Waals surface area (Å²) >= 11 is 1.51. The third kappa shape index (κ3) is 4.70. The van der Waals surface area contributed by atoms with E-state index in [0.29, 0.717) is 12.1 Å². The Kier molecular flexibility index (Phi) is 6.03. The van der Waals surface area contributed by atoms with E-state index in [1.165, 1.54) is 18.4 Å². The van der Waals surface area contributed by atoms with Crippen molar-refractivity contribution in [3.05, 3.63) is 40.9 Å². The summed E-state index contributed by atoms with van der Waals surface area (Å²) in [7, 11) is 1.37. The number of aromatic nitrogens is 1. The van der Waals surface area contributed by atoms with E-state index in [1.54, 1.807) is 17.0 Å². The van der Waals surface area contributed by atoms with Crippen molar-refractivity contribution in [2.75, 3.05) is 13.7 Å². The Balaban J connectivity index is 1.83. The molecule has 0 radical (unpaired) electrons. The summed E-state index contributed by atoms with van der Waals surface area (Å²) in [6.07, 6.45) is 2.59. The number of rotatable bonds is 3. The number of piperidine rings is 1. The predicted octanol–water partition coefficient (Wildman–Crippen LogP) is 5.06. The second kappa shape index (κ2) is 8.31.